The summed E-state index contributed by atoms with van der Waals surface area (Å²) in [6, 6.07) is 10.1. The zero-order chi connectivity index (χ0) is 31.8. The summed E-state index contributed by atoms with van der Waals surface area (Å²) in [6.07, 6.45) is 0.538. The molecular formula is C32H35ClF2N6O4. The molecule has 13 heteroatoms. The van der Waals surface area contributed by atoms with Crippen LogP contribution >= 0.6 is 11.6 Å². The van der Waals surface area contributed by atoms with Crippen LogP contribution < -0.4 is 10.1 Å². The van der Waals surface area contributed by atoms with Crippen LogP contribution in [0.2, 0.25) is 5.02 Å². The zero-order valence-corrected chi connectivity index (χ0v) is 25.9. The number of rotatable bonds is 8. The fourth-order valence-electron chi connectivity index (χ4n) is 7.09. The third kappa shape index (κ3) is 5.76. The van der Waals surface area contributed by atoms with Gasteiger partial charge in [-0.3, -0.25) is 14.4 Å². The average Bonchev–Trinajstić information content (AvgIpc) is 3.58. The van der Waals surface area contributed by atoms with Crippen LogP contribution in [0, 0.1) is 11.8 Å². The molecule has 238 valence electrons. The van der Waals surface area contributed by atoms with E-state index in [2.05, 4.69) is 15.6 Å². The summed E-state index contributed by atoms with van der Waals surface area (Å²) >= 11 is 6.73. The third-order valence-electron chi connectivity index (χ3n) is 9.33. The van der Waals surface area contributed by atoms with E-state index in [1.165, 1.54) is 7.05 Å². The predicted molar refractivity (Wildman–Crippen MR) is 161 cm³/mol. The lowest BCUT2D eigenvalue weighted by molar-refractivity contribution is -0.146. The summed E-state index contributed by atoms with van der Waals surface area (Å²) in [7, 11) is 2.97. The standard InChI is InChI=1S/C32H35ClF2N6O4/c1-36-30(42)20-9-5-6-10-21(20)32(44)41-14-13-22-23(33)11-12-26(45-17-24-28(29(34)35)39(2)38-37-24)27(22)25(41)16-40-15-18-7-3-4-8-19(18)31(40)43/h3-4,7-8,11-12,20-21,25,29H,5-6,9-10,13-17H2,1-2H3,(H,36,42)/t20-,21?,25-/m1/s1. The molecule has 2 aliphatic heterocycles. The van der Waals surface area contributed by atoms with Crippen LogP contribution in [0.1, 0.15) is 76.6 Å². The van der Waals surface area contributed by atoms with Crippen LogP contribution in [0.15, 0.2) is 36.4 Å². The van der Waals surface area contributed by atoms with Crippen molar-refractivity contribution >= 4 is 29.3 Å². The number of carbonyl (C=O) groups is 3. The molecule has 0 saturated heterocycles. The molecule has 3 aromatic rings. The minimum absolute atomic E-state index is 0.00251. The quantitative estimate of drug-likeness (QED) is 0.385. The van der Waals surface area contributed by atoms with Crippen LogP contribution in [0.25, 0.3) is 0 Å². The molecule has 45 heavy (non-hydrogen) atoms. The molecule has 0 bridgehead atoms. The van der Waals surface area contributed by atoms with E-state index >= 15 is 0 Å². The van der Waals surface area contributed by atoms with Gasteiger partial charge in [0.2, 0.25) is 11.8 Å². The van der Waals surface area contributed by atoms with Crippen LogP contribution in [-0.4, -0.2) is 62.7 Å². The van der Waals surface area contributed by atoms with E-state index in [1.807, 2.05) is 18.2 Å². The maximum Gasteiger partial charge on any atom is 0.282 e. The molecule has 3 aliphatic rings. The summed E-state index contributed by atoms with van der Waals surface area (Å²) in [5.41, 5.74) is 2.56. The number of fused-ring (bicyclic) bond motifs is 2. The monoisotopic (exact) mass is 640 g/mol. The lowest BCUT2D eigenvalue weighted by Crippen LogP contribution is -2.50. The van der Waals surface area contributed by atoms with Gasteiger partial charge < -0.3 is 19.9 Å². The van der Waals surface area contributed by atoms with Gasteiger partial charge in [-0.25, -0.2) is 13.5 Å². The topological polar surface area (TPSA) is 110 Å². The van der Waals surface area contributed by atoms with Gasteiger partial charge in [-0.15, -0.1) is 5.10 Å². The number of halogens is 3. The first-order chi connectivity index (χ1) is 21.7. The van der Waals surface area contributed by atoms with E-state index < -0.39 is 24.3 Å². The number of ether oxygens (including phenoxy) is 1. The second kappa shape index (κ2) is 12.7. The van der Waals surface area contributed by atoms with E-state index in [9.17, 15) is 23.2 Å². The highest BCUT2D eigenvalue weighted by Gasteiger charge is 2.44. The summed E-state index contributed by atoms with van der Waals surface area (Å²) in [5.74, 6) is -1.04. The Balaban J connectivity index is 1.38. The van der Waals surface area contributed by atoms with Gasteiger partial charge in [0, 0.05) is 61.7 Å². The van der Waals surface area contributed by atoms with Crippen LogP contribution in [0.3, 0.4) is 0 Å². The molecule has 2 aromatic carbocycles. The predicted octanol–water partition coefficient (Wildman–Crippen LogP) is 4.62. The van der Waals surface area contributed by atoms with E-state index in [4.69, 9.17) is 16.3 Å². The summed E-state index contributed by atoms with van der Waals surface area (Å²) in [6.45, 7) is 0.595. The molecule has 1 aromatic heterocycles. The SMILES string of the molecule is CNC(=O)[C@@H]1CCCCC1C(=O)N1CCc2c(Cl)ccc(OCc3nnn(C)c3C(F)F)c2[C@H]1CN1Cc2ccccc2C1=O. The molecule has 1 aliphatic carbocycles. The first-order valence-electron chi connectivity index (χ1n) is 15.2. The van der Waals surface area contributed by atoms with Gasteiger partial charge in [0.1, 0.15) is 23.7 Å². The van der Waals surface area contributed by atoms with Crippen molar-refractivity contribution in [1.29, 1.82) is 0 Å². The fourth-order valence-corrected chi connectivity index (χ4v) is 7.35. The van der Waals surface area contributed by atoms with Crippen molar-refractivity contribution in [3.8, 4) is 5.75 Å². The third-order valence-corrected chi connectivity index (χ3v) is 9.68. The van der Waals surface area contributed by atoms with Crippen molar-refractivity contribution in [1.82, 2.24) is 30.1 Å². The van der Waals surface area contributed by atoms with Crippen LogP contribution in [0.4, 0.5) is 8.78 Å². The Labute approximate surface area is 264 Å². The highest BCUT2D eigenvalue weighted by molar-refractivity contribution is 6.31. The highest BCUT2D eigenvalue weighted by atomic mass is 35.5. The van der Waals surface area contributed by atoms with Crippen molar-refractivity contribution < 1.29 is 27.9 Å². The number of carbonyl (C=O) groups excluding carboxylic acids is 3. The molecule has 6 rings (SSSR count). The minimum Gasteiger partial charge on any atom is -0.487 e. The van der Waals surface area contributed by atoms with Crippen molar-refractivity contribution in [2.24, 2.45) is 18.9 Å². The fraction of sp³-hybridized carbons (Fsp3) is 0.469. The lowest BCUT2D eigenvalue weighted by Gasteiger charge is -2.43. The Bertz CT molecular complexity index is 1630. The highest BCUT2D eigenvalue weighted by Crippen LogP contribution is 2.44. The Morgan fingerprint density at radius 3 is 2.62 bits per heavy atom. The van der Waals surface area contributed by atoms with Crippen molar-refractivity contribution in [2.75, 3.05) is 20.1 Å². The lowest BCUT2D eigenvalue weighted by atomic mass is 9.77. The summed E-state index contributed by atoms with van der Waals surface area (Å²) < 4.78 is 34.7. The molecule has 1 fully saturated rings. The normalized spacial score (nSPS) is 21.1. The van der Waals surface area contributed by atoms with Crippen LogP contribution in [-0.2, 0) is 36.2 Å². The van der Waals surface area contributed by atoms with E-state index in [0.717, 1.165) is 28.7 Å². The molecule has 10 nitrogen and oxygen atoms in total. The molecule has 3 amide bonds. The smallest absolute Gasteiger partial charge is 0.282 e. The van der Waals surface area contributed by atoms with Crippen LogP contribution in [0.5, 0.6) is 5.75 Å². The second-order valence-electron chi connectivity index (χ2n) is 11.8. The summed E-state index contributed by atoms with van der Waals surface area (Å²) in [5, 5.41) is 10.8. The van der Waals surface area contributed by atoms with E-state index in [0.29, 0.717) is 54.3 Å². The molecule has 1 unspecified atom stereocenters. The maximum absolute atomic E-state index is 14.4. The molecule has 3 heterocycles. The molecule has 0 spiro atoms. The first kappa shape index (κ1) is 30.9. The van der Waals surface area contributed by atoms with Crippen molar-refractivity contribution in [3.63, 3.8) is 0 Å². The Hall–Kier alpha value is -4.06. The number of amides is 3. The Kier molecular flexibility index (Phi) is 8.76. The summed E-state index contributed by atoms with van der Waals surface area (Å²) in [4.78, 5) is 44.3. The Morgan fingerprint density at radius 2 is 1.89 bits per heavy atom. The first-order valence-corrected chi connectivity index (χ1v) is 15.6. The number of aromatic nitrogens is 3. The molecule has 1 N–H and O–H groups in total. The van der Waals surface area contributed by atoms with Gasteiger partial charge in [0.05, 0.1) is 6.04 Å². The van der Waals surface area contributed by atoms with Gasteiger partial charge >= 0.3 is 0 Å². The molecule has 0 radical (unpaired) electrons. The number of nitrogens with one attached hydrogen (secondary N) is 1. The van der Waals surface area contributed by atoms with Gasteiger partial charge in [0.25, 0.3) is 12.3 Å². The van der Waals surface area contributed by atoms with E-state index in [-0.39, 0.29) is 42.3 Å². The average molecular weight is 641 g/mol. The molecule has 3 atom stereocenters. The maximum atomic E-state index is 14.4. The number of benzene rings is 2. The van der Waals surface area contributed by atoms with Crippen molar-refractivity contribution in [2.45, 2.75) is 57.7 Å². The van der Waals surface area contributed by atoms with Crippen molar-refractivity contribution in [3.05, 3.63) is 75.1 Å². The van der Waals surface area contributed by atoms with Gasteiger partial charge in [-0.05, 0) is 48.6 Å². The molecular weight excluding hydrogens is 606 g/mol. The molecule has 1 saturated carbocycles. The van der Waals surface area contributed by atoms with Gasteiger partial charge in [-0.2, -0.15) is 0 Å². The van der Waals surface area contributed by atoms with Gasteiger partial charge in [0.15, 0.2) is 0 Å². The number of hydrogen-bond acceptors (Lipinski definition) is 6. The zero-order valence-electron chi connectivity index (χ0n) is 25.1. The second-order valence-corrected chi connectivity index (χ2v) is 12.2. The number of hydrogen-bond donors (Lipinski definition) is 1. The largest absolute Gasteiger partial charge is 0.487 e. The minimum atomic E-state index is -2.80. The Morgan fingerprint density at radius 1 is 1.13 bits per heavy atom. The van der Waals surface area contributed by atoms with Gasteiger partial charge in [-0.1, -0.05) is 47.9 Å². The van der Waals surface area contributed by atoms with E-state index in [1.54, 1.807) is 35.0 Å². The number of aryl methyl sites for hydroxylation is 1. The number of alkyl halides is 2. The number of nitrogens with zero attached hydrogens (tertiary/aromatic N) is 5.